The fraction of sp³-hybridized carbons (Fsp3) is 0.727. The summed E-state index contributed by atoms with van der Waals surface area (Å²) in [4.78, 5) is 0. The standard InChI is InChI=1S/C22H39N/c1-8-10-12-17-14-18(22(6,7)16-21(3,4)5)15-20(23)19(17)13-11-9-2/h14-15H,8-13,16,23H2,1-7H3. The van der Waals surface area contributed by atoms with Crippen LogP contribution in [-0.2, 0) is 18.3 Å². The molecule has 0 spiro atoms. The van der Waals surface area contributed by atoms with E-state index in [9.17, 15) is 0 Å². The molecule has 132 valence electrons. The van der Waals surface area contributed by atoms with Crippen LogP contribution < -0.4 is 5.73 Å². The first kappa shape index (κ1) is 20.1. The summed E-state index contributed by atoms with van der Waals surface area (Å²) in [5.74, 6) is 0. The zero-order valence-electron chi connectivity index (χ0n) is 16.7. The highest BCUT2D eigenvalue weighted by molar-refractivity contribution is 5.55. The minimum absolute atomic E-state index is 0.163. The highest BCUT2D eigenvalue weighted by atomic mass is 14.6. The van der Waals surface area contributed by atoms with Crippen molar-refractivity contribution in [3.63, 3.8) is 0 Å². The van der Waals surface area contributed by atoms with Gasteiger partial charge in [-0.3, -0.25) is 0 Å². The highest BCUT2D eigenvalue weighted by Gasteiger charge is 2.28. The molecule has 0 radical (unpaired) electrons. The molecule has 2 N–H and O–H groups in total. The number of aryl methyl sites for hydroxylation is 1. The lowest BCUT2D eigenvalue weighted by Gasteiger charge is -2.34. The van der Waals surface area contributed by atoms with Crippen LogP contribution in [0.5, 0.6) is 0 Å². The van der Waals surface area contributed by atoms with Crippen LogP contribution in [0.4, 0.5) is 5.69 Å². The van der Waals surface area contributed by atoms with E-state index in [1.165, 1.54) is 55.2 Å². The first-order valence-electron chi connectivity index (χ1n) is 9.52. The third-order valence-electron chi connectivity index (χ3n) is 4.71. The van der Waals surface area contributed by atoms with Gasteiger partial charge in [-0.1, -0.05) is 67.4 Å². The molecule has 0 bridgehead atoms. The van der Waals surface area contributed by atoms with Crippen LogP contribution >= 0.6 is 0 Å². The molecular formula is C22H39N. The van der Waals surface area contributed by atoms with Gasteiger partial charge in [0.25, 0.3) is 0 Å². The molecule has 0 aliphatic carbocycles. The smallest absolute Gasteiger partial charge is 0.0352 e. The van der Waals surface area contributed by atoms with Gasteiger partial charge in [-0.25, -0.2) is 0 Å². The van der Waals surface area contributed by atoms with Crippen LogP contribution in [0.25, 0.3) is 0 Å². The normalized spacial score (nSPS) is 12.7. The van der Waals surface area contributed by atoms with Crippen molar-refractivity contribution in [3.8, 4) is 0 Å². The quantitative estimate of drug-likeness (QED) is 0.532. The molecule has 0 fully saturated rings. The van der Waals surface area contributed by atoms with Crippen molar-refractivity contribution in [3.05, 3.63) is 28.8 Å². The van der Waals surface area contributed by atoms with Gasteiger partial charge in [0.05, 0.1) is 0 Å². The predicted octanol–water partition coefficient (Wildman–Crippen LogP) is 6.67. The molecule has 1 nitrogen and oxygen atoms in total. The third-order valence-corrected chi connectivity index (χ3v) is 4.71. The van der Waals surface area contributed by atoms with Crippen LogP contribution in [0.3, 0.4) is 0 Å². The Morgan fingerprint density at radius 1 is 0.870 bits per heavy atom. The summed E-state index contributed by atoms with van der Waals surface area (Å²) in [6.45, 7) is 16.2. The van der Waals surface area contributed by atoms with Crippen LogP contribution in [0, 0.1) is 5.41 Å². The molecule has 1 aromatic rings. The van der Waals surface area contributed by atoms with Gasteiger partial charge < -0.3 is 5.73 Å². The zero-order valence-corrected chi connectivity index (χ0v) is 16.7. The Kier molecular flexibility index (Phi) is 7.17. The number of unbranched alkanes of at least 4 members (excludes halogenated alkanes) is 2. The molecule has 0 aromatic heterocycles. The van der Waals surface area contributed by atoms with Crippen LogP contribution in [-0.4, -0.2) is 0 Å². The predicted molar refractivity (Wildman–Crippen MR) is 105 cm³/mol. The molecule has 0 saturated carbocycles. The second kappa shape index (κ2) is 8.22. The Labute approximate surface area is 145 Å². The summed E-state index contributed by atoms with van der Waals surface area (Å²) in [5.41, 5.74) is 12.3. The molecule has 0 unspecified atom stereocenters. The Bertz CT molecular complexity index is 491. The molecule has 0 amide bonds. The lowest BCUT2D eigenvalue weighted by atomic mass is 9.71. The second-order valence-corrected chi connectivity index (χ2v) is 9.03. The van der Waals surface area contributed by atoms with E-state index in [2.05, 4.69) is 60.6 Å². The SMILES string of the molecule is CCCCc1cc(C(C)(C)CC(C)(C)C)cc(N)c1CCCC. The van der Waals surface area contributed by atoms with Crippen LogP contribution in [0.15, 0.2) is 12.1 Å². The van der Waals surface area contributed by atoms with E-state index in [-0.39, 0.29) is 5.41 Å². The van der Waals surface area contributed by atoms with E-state index >= 15 is 0 Å². The highest BCUT2D eigenvalue weighted by Crippen LogP contribution is 2.38. The Hall–Kier alpha value is -0.980. The van der Waals surface area contributed by atoms with Gasteiger partial charge in [0.15, 0.2) is 0 Å². The number of hydrogen-bond donors (Lipinski definition) is 1. The molecular weight excluding hydrogens is 278 g/mol. The fourth-order valence-corrected chi connectivity index (χ4v) is 3.82. The Morgan fingerprint density at radius 2 is 1.43 bits per heavy atom. The largest absolute Gasteiger partial charge is 0.398 e. The van der Waals surface area contributed by atoms with E-state index in [0.717, 1.165) is 12.1 Å². The lowest BCUT2D eigenvalue weighted by Crippen LogP contribution is -2.25. The minimum Gasteiger partial charge on any atom is -0.398 e. The van der Waals surface area contributed by atoms with Crippen molar-refractivity contribution < 1.29 is 0 Å². The van der Waals surface area contributed by atoms with Gasteiger partial charge in [-0.2, -0.15) is 0 Å². The summed E-state index contributed by atoms with van der Waals surface area (Å²) in [7, 11) is 0. The molecule has 0 aliphatic rings. The van der Waals surface area contributed by atoms with Gasteiger partial charge in [-0.05, 0) is 65.7 Å². The zero-order chi connectivity index (χ0) is 17.7. The van der Waals surface area contributed by atoms with Crippen molar-refractivity contribution >= 4 is 5.69 Å². The monoisotopic (exact) mass is 317 g/mol. The first-order valence-corrected chi connectivity index (χ1v) is 9.52. The van der Waals surface area contributed by atoms with Gasteiger partial charge in [0, 0.05) is 5.69 Å². The summed E-state index contributed by atoms with van der Waals surface area (Å²) in [6, 6.07) is 4.72. The number of nitrogens with two attached hydrogens (primary N) is 1. The van der Waals surface area contributed by atoms with Crippen molar-refractivity contribution in [1.82, 2.24) is 0 Å². The van der Waals surface area contributed by atoms with Crippen molar-refractivity contribution in [2.75, 3.05) is 5.73 Å². The molecule has 1 rings (SSSR count). The van der Waals surface area contributed by atoms with Gasteiger partial charge in [-0.15, -0.1) is 0 Å². The molecule has 0 heterocycles. The van der Waals surface area contributed by atoms with E-state index in [0.29, 0.717) is 5.41 Å². The van der Waals surface area contributed by atoms with Crippen LogP contribution in [0.1, 0.15) is 97.3 Å². The number of hydrogen-bond acceptors (Lipinski definition) is 1. The molecule has 0 atom stereocenters. The summed E-state index contributed by atoms with van der Waals surface area (Å²) in [5, 5.41) is 0. The van der Waals surface area contributed by atoms with E-state index in [1.54, 1.807) is 0 Å². The Balaban J connectivity index is 3.21. The van der Waals surface area contributed by atoms with Crippen LogP contribution in [0.2, 0.25) is 0 Å². The summed E-state index contributed by atoms with van der Waals surface area (Å²) < 4.78 is 0. The topological polar surface area (TPSA) is 26.0 Å². The van der Waals surface area contributed by atoms with Crippen molar-refractivity contribution in [1.29, 1.82) is 0 Å². The third kappa shape index (κ3) is 6.20. The molecule has 23 heavy (non-hydrogen) atoms. The van der Waals surface area contributed by atoms with Gasteiger partial charge >= 0.3 is 0 Å². The molecule has 1 heteroatoms. The number of benzene rings is 1. The summed E-state index contributed by atoms with van der Waals surface area (Å²) in [6.07, 6.45) is 8.41. The maximum Gasteiger partial charge on any atom is 0.0352 e. The lowest BCUT2D eigenvalue weighted by molar-refractivity contribution is 0.284. The van der Waals surface area contributed by atoms with E-state index < -0.39 is 0 Å². The molecule has 1 aromatic carbocycles. The summed E-state index contributed by atoms with van der Waals surface area (Å²) >= 11 is 0. The molecule has 0 aliphatic heterocycles. The second-order valence-electron chi connectivity index (χ2n) is 9.03. The maximum atomic E-state index is 6.50. The Morgan fingerprint density at radius 3 is 1.96 bits per heavy atom. The van der Waals surface area contributed by atoms with E-state index in [1.807, 2.05) is 0 Å². The number of anilines is 1. The maximum absolute atomic E-state index is 6.50. The minimum atomic E-state index is 0.163. The average Bonchev–Trinajstić information content (AvgIpc) is 2.41. The average molecular weight is 318 g/mol. The van der Waals surface area contributed by atoms with Crippen molar-refractivity contribution in [2.45, 2.75) is 98.8 Å². The van der Waals surface area contributed by atoms with Crippen molar-refractivity contribution in [2.24, 2.45) is 5.41 Å². The van der Waals surface area contributed by atoms with Gasteiger partial charge in [0.2, 0.25) is 0 Å². The fourth-order valence-electron chi connectivity index (χ4n) is 3.82. The van der Waals surface area contributed by atoms with Gasteiger partial charge in [0.1, 0.15) is 0 Å². The van der Waals surface area contributed by atoms with E-state index in [4.69, 9.17) is 5.73 Å². The first-order chi connectivity index (χ1) is 10.6. The number of rotatable bonds is 8. The molecule has 0 saturated heterocycles. The number of nitrogen functional groups attached to an aromatic ring is 1.